The Morgan fingerprint density at radius 3 is 2.53 bits per heavy atom. The highest BCUT2D eigenvalue weighted by atomic mass is 16.4. The predicted molar refractivity (Wildman–Crippen MR) is 64.7 cm³/mol. The lowest BCUT2D eigenvalue weighted by molar-refractivity contribution is -0.138. The van der Waals surface area contributed by atoms with Crippen molar-refractivity contribution in [1.82, 2.24) is 10.2 Å². The highest BCUT2D eigenvalue weighted by Crippen LogP contribution is 2.21. The molecule has 0 aliphatic carbocycles. The summed E-state index contributed by atoms with van der Waals surface area (Å²) in [5.41, 5.74) is 0. The fraction of sp³-hybridized carbons (Fsp3) is 0.833. The van der Waals surface area contributed by atoms with Gasteiger partial charge in [-0.15, -0.1) is 0 Å². The number of amides is 1. The second-order valence-corrected chi connectivity index (χ2v) is 5.14. The van der Waals surface area contributed by atoms with Gasteiger partial charge in [0, 0.05) is 38.5 Å². The average molecular weight is 242 g/mol. The van der Waals surface area contributed by atoms with Gasteiger partial charge in [-0.2, -0.15) is 0 Å². The lowest BCUT2D eigenvalue weighted by Crippen LogP contribution is -2.52. The van der Waals surface area contributed by atoms with Crippen molar-refractivity contribution in [2.75, 3.05) is 13.1 Å². The van der Waals surface area contributed by atoms with E-state index < -0.39 is 5.97 Å². The minimum Gasteiger partial charge on any atom is -0.481 e. The molecule has 1 saturated heterocycles. The van der Waals surface area contributed by atoms with Crippen LogP contribution in [0.2, 0.25) is 0 Å². The van der Waals surface area contributed by atoms with Gasteiger partial charge < -0.3 is 10.4 Å². The number of hydrogen-bond donors (Lipinski definition) is 2. The van der Waals surface area contributed by atoms with Crippen LogP contribution in [0.15, 0.2) is 0 Å². The summed E-state index contributed by atoms with van der Waals surface area (Å²) in [6.45, 7) is 7.30. The Balaban J connectivity index is 2.61. The monoisotopic (exact) mass is 242 g/mol. The first kappa shape index (κ1) is 14.0. The summed E-state index contributed by atoms with van der Waals surface area (Å²) in [5, 5.41) is 11.7. The minimum atomic E-state index is -0.762. The molecule has 1 fully saturated rings. The fourth-order valence-electron chi connectivity index (χ4n) is 2.45. The molecule has 17 heavy (non-hydrogen) atoms. The van der Waals surface area contributed by atoms with Crippen LogP contribution in [0.25, 0.3) is 0 Å². The number of nitrogens with one attached hydrogen (secondary N) is 1. The number of rotatable bonds is 4. The molecule has 1 rings (SSSR count). The molecule has 0 aromatic heterocycles. The van der Waals surface area contributed by atoms with Crippen molar-refractivity contribution in [1.29, 1.82) is 0 Å². The van der Waals surface area contributed by atoms with Crippen molar-refractivity contribution in [2.24, 2.45) is 5.92 Å². The van der Waals surface area contributed by atoms with Crippen LogP contribution in [0.1, 0.15) is 33.6 Å². The van der Waals surface area contributed by atoms with Gasteiger partial charge in [0.05, 0.1) is 0 Å². The van der Waals surface area contributed by atoms with E-state index in [1.54, 1.807) is 0 Å². The van der Waals surface area contributed by atoms with Crippen LogP contribution in [0.4, 0.5) is 0 Å². The highest BCUT2D eigenvalue weighted by molar-refractivity contribution is 5.73. The number of carboxylic acids is 1. The lowest BCUT2D eigenvalue weighted by atomic mass is 9.90. The van der Waals surface area contributed by atoms with Gasteiger partial charge in [-0.05, 0) is 26.2 Å². The zero-order valence-electron chi connectivity index (χ0n) is 10.8. The van der Waals surface area contributed by atoms with Crippen molar-refractivity contribution in [3.63, 3.8) is 0 Å². The van der Waals surface area contributed by atoms with Crippen molar-refractivity contribution < 1.29 is 14.7 Å². The van der Waals surface area contributed by atoms with E-state index in [1.807, 2.05) is 0 Å². The Bertz CT molecular complexity index is 267. The van der Waals surface area contributed by atoms with Gasteiger partial charge in [0.25, 0.3) is 0 Å². The third-order valence-electron chi connectivity index (χ3n) is 3.17. The maximum absolute atomic E-state index is 11.1. The quantitative estimate of drug-likeness (QED) is 0.761. The number of carbonyl (C=O) groups excluding carboxylic acids is 1. The van der Waals surface area contributed by atoms with Gasteiger partial charge in [-0.3, -0.25) is 14.5 Å². The summed E-state index contributed by atoms with van der Waals surface area (Å²) in [6.07, 6.45) is 0.939. The zero-order valence-corrected chi connectivity index (χ0v) is 10.8. The van der Waals surface area contributed by atoms with Crippen LogP contribution in [0.5, 0.6) is 0 Å². The summed E-state index contributed by atoms with van der Waals surface area (Å²) in [7, 11) is 0. The number of likely N-dealkylation sites (tertiary alicyclic amines) is 1. The van der Waals surface area contributed by atoms with Gasteiger partial charge in [-0.25, -0.2) is 0 Å². The van der Waals surface area contributed by atoms with Crippen molar-refractivity contribution in [3.05, 3.63) is 0 Å². The smallest absolute Gasteiger partial charge is 0.303 e. The molecule has 1 amide bonds. The van der Waals surface area contributed by atoms with Crippen molar-refractivity contribution >= 4 is 11.9 Å². The van der Waals surface area contributed by atoms with E-state index in [0.717, 1.165) is 19.5 Å². The summed E-state index contributed by atoms with van der Waals surface area (Å²) in [6, 6.07) is 0.454. The zero-order chi connectivity index (χ0) is 13.0. The van der Waals surface area contributed by atoms with Gasteiger partial charge in [0.15, 0.2) is 0 Å². The molecule has 5 nitrogen and oxygen atoms in total. The molecule has 1 aliphatic rings. The van der Waals surface area contributed by atoms with E-state index in [4.69, 9.17) is 5.11 Å². The van der Waals surface area contributed by atoms with Crippen LogP contribution < -0.4 is 5.32 Å². The molecule has 5 heteroatoms. The Morgan fingerprint density at radius 2 is 2.06 bits per heavy atom. The summed E-state index contributed by atoms with van der Waals surface area (Å²) in [5.74, 6) is -0.683. The normalized spacial score (nSPS) is 25.9. The van der Waals surface area contributed by atoms with Crippen LogP contribution in [-0.4, -0.2) is 47.1 Å². The highest BCUT2D eigenvalue weighted by Gasteiger charge is 2.30. The fourth-order valence-corrected chi connectivity index (χ4v) is 2.45. The molecular formula is C12H22N2O3. The van der Waals surface area contributed by atoms with Gasteiger partial charge >= 0.3 is 5.97 Å². The van der Waals surface area contributed by atoms with E-state index in [-0.39, 0.29) is 24.3 Å². The third-order valence-corrected chi connectivity index (χ3v) is 3.17. The number of nitrogens with zero attached hydrogens (tertiary/aromatic N) is 1. The first-order valence-electron chi connectivity index (χ1n) is 6.11. The summed E-state index contributed by atoms with van der Waals surface area (Å²) in [4.78, 5) is 24.1. The lowest BCUT2D eigenvalue weighted by Gasteiger charge is -2.39. The number of piperidine rings is 1. The maximum Gasteiger partial charge on any atom is 0.303 e. The topological polar surface area (TPSA) is 69.6 Å². The number of aliphatic carboxylic acids is 1. The van der Waals surface area contributed by atoms with Crippen LogP contribution in [0.3, 0.4) is 0 Å². The summed E-state index contributed by atoms with van der Waals surface area (Å²) < 4.78 is 0. The van der Waals surface area contributed by atoms with E-state index >= 15 is 0 Å². The number of carbonyl (C=O) groups is 2. The second-order valence-electron chi connectivity index (χ2n) is 5.14. The number of carboxylic acid groups (broad SMARTS) is 1. The molecule has 2 unspecified atom stereocenters. The van der Waals surface area contributed by atoms with Gasteiger partial charge in [-0.1, -0.05) is 0 Å². The minimum absolute atomic E-state index is 0.0466. The third kappa shape index (κ3) is 4.73. The Kier molecular flexibility index (Phi) is 4.93. The molecule has 1 heterocycles. The SMILES string of the molecule is CC(=O)NC1CC(CC(=O)O)CN(C(C)C)C1. The molecule has 0 spiro atoms. The molecular weight excluding hydrogens is 220 g/mol. The van der Waals surface area contributed by atoms with E-state index in [2.05, 4.69) is 24.1 Å². The van der Waals surface area contributed by atoms with E-state index in [0.29, 0.717) is 6.04 Å². The molecule has 0 aromatic rings. The standard InChI is InChI=1S/C12H22N2O3/c1-8(2)14-6-10(5-12(16)17)4-11(7-14)13-9(3)15/h8,10-11H,4-7H2,1-3H3,(H,13,15)(H,16,17). The molecule has 2 N–H and O–H groups in total. The predicted octanol–water partition coefficient (Wildman–Crippen LogP) is 0.696. The Morgan fingerprint density at radius 1 is 1.41 bits per heavy atom. The number of hydrogen-bond acceptors (Lipinski definition) is 3. The maximum atomic E-state index is 11.1. The van der Waals surface area contributed by atoms with Crippen LogP contribution >= 0.6 is 0 Å². The van der Waals surface area contributed by atoms with Gasteiger partial charge in [0.1, 0.15) is 0 Å². The van der Waals surface area contributed by atoms with Crippen LogP contribution in [-0.2, 0) is 9.59 Å². The molecule has 1 aliphatic heterocycles. The van der Waals surface area contributed by atoms with Crippen molar-refractivity contribution in [3.8, 4) is 0 Å². The molecule has 0 saturated carbocycles. The molecule has 0 aromatic carbocycles. The van der Waals surface area contributed by atoms with Gasteiger partial charge in [0.2, 0.25) is 5.91 Å². The van der Waals surface area contributed by atoms with Crippen LogP contribution in [0, 0.1) is 5.92 Å². The molecule has 2 atom stereocenters. The average Bonchev–Trinajstić information content (AvgIpc) is 2.14. The summed E-state index contributed by atoms with van der Waals surface area (Å²) >= 11 is 0. The van der Waals surface area contributed by atoms with E-state index in [1.165, 1.54) is 6.92 Å². The second kappa shape index (κ2) is 6.00. The molecule has 0 bridgehead atoms. The van der Waals surface area contributed by atoms with Crippen molar-refractivity contribution in [2.45, 2.75) is 45.7 Å². The first-order valence-corrected chi connectivity index (χ1v) is 6.11. The first-order chi connectivity index (χ1) is 7.88. The molecule has 98 valence electrons. The largest absolute Gasteiger partial charge is 0.481 e. The van der Waals surface area contributed by atoms with E-state index in [9.17, 15) is 9.59 Å². The molecule has 0 radical (unpaired) electrons. The Labute approximate surface area is 102 Å². The Hall–Kier alpha value is -1.10.